The number of thiophene rings is 1. The van der Waals surface area contributed by atoms with Crippen LogP contribution in [0.3, 0.4) is 0 Å². The van der Waals surface area contributed by atoms with E-state index in [0.717, 1.165) is 30.2 Å². The molecule has 0 amide bonds. The van der Waals surface area contributed by atoms with Crippen molar-refractivity contribution in [3.8, 4) is 0 Å². The van der Waals surface area contributed by atoms with Crippen molar-refractivity contribution >= 4 is 17.1 Å². The predicted molar refractivity (Wildman–Crippen MR) is 84.6 cm³/mol. The summed E-state index contributed by atoms with van der Waals surface area (Å²) in [6.07, 6.45) is 2.76. The molecular weight excluding hydrogens is 314 g/mol. The second kappa shape index (κ2) is 6.51. The first kappa shape index (κ1) is 15.0. The molecule has 1 aliphatic heterocycles. The van der Waals surface area contributed by atoms with Crippen molar-refractivity contribution in [3.63, 3.8) is 0 Å². The number of aromatic nitrogens is 2. The Morgan fingerprint density at radius 3 is 3.09 bits per heavy atom. The summed E-state index contributed by atoms with van der Waals surface area (Å²) in [6.45, 7) is 2.61. The highest BCUT2D eigenvalue weighted by Crippen LogP contribution is 2.39. The molecule has 4 rings (SSSR count). The number of rotatable bonds is 6. The van der Waals surface area contributed by atoms with Crippen LogP contribution in [0, 0.1) is 0 Å². The lowest BCUT2D eigenvalue weighted by Gasteiger charge is -2.34. The highest BCUT2D eigenvalue weighted by Gasteiger charge is 2.31. The van der Waals surface area contributed by atoms with Crippen molar-refractivity contribution in [2.24, 2.45) is 0 Å². The van der Waals surface area contributed by atoms with Gasteiger partial charge in [-0.3, -0.25) is 9.69 Å². The van der Waals surface area contributed by atoms with Crippen LogP contribution in [0.1, 0.15) is 46.6 Å². The zero-order valence-electron chi connectivity index (χ0n) is 12.8. The molecule has 6 nitrogen and oxygen atoms in total. The van der Waals surface area contributed by atoms with Gasteiger partial charge in [-0.25, -0.2) is 0 Å². The van der Waals surface area contributed by atoms with Crippen molar-refractivity contribution in [3.05, 3.63) is 34.2 Å². The lowest BCUT2D eigenvalue weighted by atomic mass is 10.1. The van der Waals surface area contributed by atoms with Gasteiger partial charge in [-0.15, -0.1) is 21.5 Å². The molecule has 2 aromatic heterocycles. The molecule has 1 saturated carbocycles. The zero-order valence-corrected chi connectivity index (χ0v) is 13.6. The van der Waals surface area contributed by atoms with E-state index in [-0.39, 0.29) is 11.8 Å². The van der Waals surface area contributed by atoms with E-state index < -0.39 is 0 Å². The molecule has 0 N–H and O–H groups in total. The average Bonchev–Trinajstić information content (AvgIpc) is 3.08. The number of carbonyl (C=O) groups is 1. The van der Waals surface area contributed by atoms with Gasteiger partial charge in [-0.2, -0.15) is 0 Å². The lowest BCUT2D eigenvalue weighted by Crippen LogP contribution is -2.45. The van der Waals surface area contributed by atoms with Crippen LogP contribution in [0.25, 0.3) is 0 Å². The smallest absolute Gasteiger partial charge is 0.230 e. The van der Waals surface area contributed by atoms with Crippen LogP contribution in [0.5, 0.6) is 0 Å². The van der Waals surface area contributed by atoms with Crippen LogP contribution in [-0.4, -0.2) is 46.7 Å². The molecule has 0 spiro atoms. The molecule has 2 aromatic rings. The van der Waals surface area contributed by atoms with Crippen LogP contribution in [0.15, 0.2) is 21.9 Å². The third-order valence-electron chi connectivity index (χ3n) is 4.31. The molecule has 0 aromatic carbocycles. The van der Waals surface area contributed by atoms with E-state index in [0.29, 0.717) is 38.0 Å². The minimum Gasteiger partial charge on any atom is -0.424 e. The molecule has 2 fully saturated rings. The van der Waals surface area contributed by atoms with Gasteiger partial charge < -0.3 is 9.15 Å². The Morgan fingerprint density at radius 2 is 2.30 bits per heavy atom. The Morgan fingerprint density at radius 1 is 1.39 bits per heavy atom. The summed E-state index contributed by atoms with van der Waals surface area (Å²) in [4.78, 5) is 15.4. The fourth-order valence-electron chi connectivity index (χ4n) is 2.84. The number of hydrogen-bond donors (Lipinski definition) is 0. The average molecular weight is 333 g/mol. The fourth-order valence-corrected chi connectivity index (χ4v) is 3.51. The molecule has 7 heteroatoms. The number of Topliss-reactive ketones (excluding diaryl/α,β-unsaturated/α-hetero) is 1. The van der Waals surface area contributed by atoms with Gasteiger partial charge in [0.15, 0.2) is 5.78 Å². The molecule has 0 radical (unpaired) electrons. The van der Waals surface area contributed by atoms with Gasteiger partial charge in [-0.1, -0.05) is 6.07 Å². The highest BCUT2D eigenvalue weighted by molar-refractivity contribution is 7.12. The van der Waals surface area contributed by atoms with E-state index in [2.05, 4.69) is 15.1 Å². The van der Waals surface area contributed by atoms with E-state index in [4.69, 9.17) is 9.15 Å². The number of morpholine rings is 1. The van der Waals surface area contributed by atoms with E-state index in [1.807, 2.05) is 17.5 Å². The summed E-state index contributed by atoms with van der Waals surface area (Å²) < 4.78 is 11.3. The van der Waals surface area contributed by atoms with Crippen molar-refractivity contribution in [1.82, 2.24) is 15.1 Å². The van der Waals surface area contributed by atoms with Gasteiger partial charge in [0.2, 0.25) is 11.8 Å². The van der Waals surface area contributed by atoms with E-state index in [1.54, 1.807) is 0 Å². The van der Waals surface area contributed by atoms with Crippen LogP contribution in [0.2, 0.25) is 0 Å². The highest BCUT2D eigenvalue weighted by atomic mass is 32.1. The Bertz CT molecular complexity index is 666. The van der Waals surface area contributed by atoms with Crippen molar-refractivity contribution in [1.29, 1.82) is 0 Å². The van der Waals surface area contributed by atoms with Gasteiger partial charge in [0, 0.05) is 24.9 Å². The summed E-state index contributed by atoms with van der Waals surface area (Å²) in [5.41, 5.74) is 0. The second-order valence-electron chi connectivity index (χ2n) is 6.11. The van der Waals surface area contributed by atoms with Gasteiger partial charge in [0.1, 0.15) is 0 Å². The zero-order chi connectivity index (χ0) is 15.6. The first-order valence-corrected chi connectivity index (χ1v) is 8.88. The maximum Gasteiger partial charge on any atom is 0.230 e. The number of nitrogens with zero attached hydrogens (tertiary/aromatic N) is 3. The normalized spacial score (nSPS) is 22.3. The number of hydrogen-bond acceptors (Lipinski definition) is 7. The van der Waals surface area contributed by atoms with Crippen LogP contribution in [-0.2, 0) is 11.3 Å². The van der Waals surface area contributed by atoms with E-state index >= 15 is 0 Å². The monoisotopic (exact) mass is 333 g/mol. The molecule has 2 aliphatic rings. The summed E-state index contributed by atoms with van der Waals surface area (Å²) in [5.74, 6) is 2.05. The maximum absolute atomic E-state index is 12.4. The fraction of sp³-hybridized carbons (Fsp3) is 0.562. The second-order valence-corrected chi connectivity index (χ2v) is 7.06. The Hall–Kier alpha value is -1.57. The Balaban J connectivity index is 1.41. The van der Waals surface area contributed by atoms with Gasteiger partial charge in [-0.05, 0) is 24.3 Å². The summed E-state index contributed by atoms with van der Waals surface area (Å²) >= 11 is 1.49. The van der Waals surface area contributed by atoms with Gasteiger partial charge in [0.25, 0.3) is 0 Å². The molecule has 1 atom stereocenters. The third kappa shape index (κ3) is 3.52. The molecule has 23 heavy (non-hydrogen) atoms. The molecule has 1 unspecified atom stereocenters. The molecular formula is C16H19N3O3S. The molecule has 1 saturated heterocycles. The first-order chi connectivity index (χ1) is 11.3. The van der Waals surface area contributed by atoms with Crippen molar-refractivity contribution in [2.45, 2.75) is 37.8 Å². The largest absolute Gasteiger partial charge is 0.424 e. The van der Waals surface area contributed by atoms with Crippen LogP contribution >= 0.6 is 11.3 Å². The Kier molecular flexibility index (Phi) is 4.24. The maximum atomic E-state index is 12.4. The van der Waals surface area contributed by atoms with Crippen LogP contribution in [0.4, 0.5) is 0 Å². The standard InChI is InChI=1S/C16H19N3O3S/c20-13(14-2-1-7-23-14)8-12-10-21-6-5-19(12)9-15-17-18-16(22-15)11-3-4-11/h1-2,7,11-12H,3-6,8-10H2. The molecule has 1 aliphatic carbocycles. The third-order valence-corrected chi connectivity index (χ3v) is 5.22. The summed E-state index contributed by atoms with van der Waals surface area (Å²) in [7, 11) is 0. The van der Waals surface area contributed by atoms with E-state index in [9.17, 15) is 4.79 Å². The minimum absolute atomic E-state index is 0.0645. The topological polar surface area (TPSA) is 68.5 Å². The number of ketones is 1. The molecule has 0 bridgehead atoms. The lowest BCUT2D eigenvalue weighted by molar-refractivity contribution is -0.0159. The van der Waals surface area contributed by atoms with Crippen LogP contribution < -0.4 is 0 Å². The number of carbonyl (C=O) groups excluding carboxylic acids is 1. The SMILES string of the molecule is O=C(CC1COCCN1Cc1nnc(C2CC2)o1)c1cccs1. The quantitative estimate of drug-likeness (QED) is 0.757. The van der Waals surface area contributed by atoms with Gasteiger partial charge >= 0.3 is 0 Å². The summed E-state index contributed by atoms with van der Waals surface area (Å²) in [6, 6.07) is 3.85. The van der Waals surface area contributed by atoms with Crippen molar-refractivity contribution in [2.75, 3.05) is 19.8 Å². The predicted octanol–water partition coefficient (Wildman–Crippen LogP) is 2.48. The number of ether oxygens (including phenoxy) is 1. The Labute approximate surface area is 138 Å². The van der Waals surface area contributed by atoms with Crippen molar-refractivity contribution < 1.29 is 13.9 Å². The first-order valence-electron chi connectivity index (χ1n) is 8.00. The van der Waals surface area contributed by atoms with Gasteiger partial charge in [0.05, 0.1) is 24.6 Å². The molecule has 3 heterocycles. The van der Waals surface area contributed by atoms with E-state index in [1.165, 1.54) is 11.3 Å². The summed E-state index contributed by atoms with van der Waals surface area (Å²) in [5, 5.41) is 10.2. The minimum atomic E-state index is 0.0645. The molecule has 122 valence electrons.